The van der Waals surface area contributed by atoms with Crippen molar-refractivity contribution < 1.29 is 0 Å². The molecule has 0 saturated carbocycles. The van der Waals surface area contributed by atoms with Crippen LogP contribution in [-0.2, 0) is 0 Å². The SMILES string of the molecule is C1=C(c2ccc(-c3ccc(-c4cccc5c4c4ccccc4n5-c4ccccc4)cc3)s2)SC(c2ccc(-c3cccc4c3c3ccccc3n4-c3ccccc3)cc2)C1. The van der Waals surface area contributed by atoms with E-state index >= 15 is 0 Å². The lowest BCUT2D eigenvalue weighted by molar-refractivity contribution is 0.991. The first-order valence-electron chi connectivity index (χ1n) is 20.6. The van der Waals surface area contributed by atoms with Gasteiger partial charge in [0.1, 0.15) is 0 Å². The number of allylic oxidation sites excluding steroid dienone is 1. The Morgan fingerprint density at radius 1 is 0.383 bits per heavy atom. The summed E-state index contributed by atoms with van der Waals surface area (Å²) in [5.41, 5.74) is 14.9. The molecule has 3 aromatic heterocycles. The Labute approximate surface area is 357 Å². The smallest absolute Gasteiger partial charge is 0.0547 e. The molecule has 0 spiro atoms. The lowest BCUT2D eigenvalue weighted by Crippen LogP contribution is -1.93. The van der Waals surface area contributed by atoms with Crippen LogP contribution in [-0.4, -0.2) is 9.13 Å². The summed E-state index contributed by atoms with van der Waals surface area (Å²) in [6, 6.07) is 75.5. The molecule has 284 valence electrons. The van der Waals surface area contributed by atoms with Gasteiger partial charge in [-0.3, -0.25) is 0 Å². The molecule has 60 heavy (non-hydrogen) atoms. The number of benzene rings is 8. The van der Waals surface area contributed by atoms with E-state index in [1.165, 1.54) is 103 Å². The van der Waals surface area contributed by atoms with Crippen molar-refractivity contribution in [1.82, 2.24) is 9.13 Å². The quantitative estimate of drug-likeness (QED) is 0.156. The number of thioether (sulfide) groups is 1. The van der Waals surface area contributed by atoms with E-state index in [1.807, 2.05) is 23.1 Å². The van der Waals surface area contributed by atoms with Crippen molar-refractivity contribution in [2.45, 2.75) is 11.7 Å². The van der Waals surface area contributed by atoms with Gasteiger partial charge >= 0.3 is 0 Å². The third kappa shape index (κ3) is 5.78. The van der Waals surface area contributed by atoms with Gasteiger partial charge in [-0.15, -0.1) is 23.1 Å². The Kier molecular flexibility index (Phi) is 8.46. The van der Waals surface area contributed by atoms with Gasteiger partial charge in [-0.2, -0.15) is 0 Å². The predicted molar refractivity (Wildman–Crippen MR) is 259 cm³/mol. The summed E-state index contributed by atoms with van der Waals surface area (Å²) in [5.74, 6) is 0. The lowest BCUT2D eigenvalue weighted by Gasteiger charge is -2.12. The summed E-state index contributed by atoms with van der Waals surface area (Å²) in [6.07, 6.45) is 3.47. The molecule has 4 heterocycles. The Morgan fingerprint density at radius 2 is 0.850 bits per heavy atom. The van der Waals surface area contributed by atoms with Crippen LogP contribution in [0, 0.1) is 0 Å². The molecule has 1 atom stereocenters. The number of aromatic nitrogens is 2. The first kappa shape index (κ1) is 35.1. The molecule has 2 nitrogen and oxygen atoms in total. The standard InChI is InChI=1S/C56H38N2S2/c1-3-13-41(14-4-1)57-47-21-9-7-17-45(47)55-43(19-11-23-49(55)57)37-25-29-39(30-26-37)51-33-35-53(59-51)54-36-34-52(60-54)40-31-27-38(28-32-40)44-20-12-24-50-56(44)46-18-8-10-22-48(46)58(50)42-15-5-2-6-16-42/h1-33,35-36,52H,34H2. The number of hydrogen-bond donors (Lipinski definition) is 0. The summed E-state index contributed by atoms with van der Waals surface area (Å²) < 4.78 is 4.78. The molecule has 11 aromatic rings. The minimum Gasteiger partial charge on any atom is -0.309 e. The summed E-state index contributed by atoms with van der Waals surface area (Å²) >= 11 is 3.90. The first-order chi connectivity index (χ1) is 29.8. The van der Waals surface area contributed by atoms with E-state index in [4.69, 9.17) is 0 Å². The molecule has 0 amide bonds. The van der Waals surface area contributed by atoms with Crippen molar-refractivity contribution in [3.05, 3.63) is 223 Å². The molecule has 1 unspecified atom stereocenters. The van der Waals surface area contributed by atoms with Crippen LogP contribution in [0.1, 0.15) is 22.1 Å². The number of nitrogens with zero attached hydrogens (tertiary/aromatic N) is 2. The van der Waals surface area contributed by atoms with E-state index in [0.29, 0.717) is 5.25 Å². The van der Waals surface area contributed by atoms with Crippen molar-refractivity contribution in [1.29, 1.82) is 0 Å². The minimum absolute atomic E-state index is 0.408. The molecule has 1 aliphatic heterocycles. The molecule has 0 aliphatic carbocycles. The maximum absolute atomic E-state index is 2.44. The fraction of sp³-hybridized carbons (Fsp3) is 0.0357. The number of thiophene rings is 1. The van der Waals surface area contributed by atoms with E-state index in [2.05, 4.69) is 221 Å². The van der Waals surface area contributed by atoms with E-state index in [1.54, 1.807) is 0 Å². The second-order valence-electron chi connectivity index (χ2n) is 15.5. The second-order valence-corrected chi connectivity index (χ2v) is 17.9. The Bertz CT molecular complexity index is 3400. The van der Waals surface area contributed by atoms with Crippen molar-refractivity contribution in [2.75, 3.05) is 0 Å². The Balaban J connectivity index is 0.791. The van der Waals surface area contributed by atoms with Crippen LogP contribution in [0.25, 0.3) is 92.6 Å². The molecule has 12 rings (SSSR count). The van der Waals surface area contributed by atoms with E-state index in [9.17, 15) is 0 Å². The Hall–Kier alpha value is -6.85. The third-order valence-electron chi connectivity index (χ3n) is 12.1. The van der Waals surface area contributed by atoms with E-state index in [-0.39, 0.29) is 0 Å². The van der Waals surface area contributed by atoms with Crippen LogP contribution in [0.3, 0.4) is 0 Å². The number of hydrogen-bond acceptors (Lipinski definition) is 2. The van der Waals surface area contributed by atoms with Crippen molar-refractivity contribution >= 4 is 71.6 Å². The molecule has 4 heteroatoms. The molecule has 0 bridgehead atoms. The van der Waals surface area contributed by atoms with Crippen LogP contribution in [0.15, 0.2) is 212 Å². The predicted octanol–water partition coefficient (Wildman–Crippen LogP) is 16.2. The molecular weight excluding hydrogens is 765 g/mol. The summed E-state index contributed by atoms with van der Waals surface area (Å²) in [6.45, 7) is 0. The molecular formula is C56H38N2S2. The zero-order chi connectivity index (χ0) is 39.6. The van der Waals surface area contributed by atoms with Crippen LogP contribution >= 0.6 is 23.1 Å². The van der Waals surface area contributed by atoms with E-state index in [0.717, 1.165) is 6.42 Å². The second kappa shape index (κ2) is 14.5. The van der Waals surface area contributed by atoms with Crippen molar-refractivity contribution in [2.24, 2.45) is 0 Å². The highest BCUT2D eigenvalue weighted by molar-refractivity contribution is 8.09. The zero-order valence-electron chi connectivity index (χ0n) is 32.7. The largest absolute Gasteiger partial charge is 0.309 e. The van der Waals surface area contributed by atoms with Crippen LogP contribution < -0.4 is 0 Å². The van der Waals surface area contributed by atoms with Crippen LogP contribution in [0.2, 0.25) is 0 Å². The normalized spacial score (nSPS) is 14.1. The Morgan fingerprint density at radius 3 is 1.42 bits per heavy atom. The maximum Gasteiger partial charge on any atom is 0.0547 e. The molecule has 8 aromatic carbocycles. The van der Waals surface area contributed by atoms with Gasteiger partial charge in [0.15, 0.2) is 0 Å². The maximum atomic E-state index is 2.44. The average Bonchev–Trinajstić information content (AvgIpc) is 4.14. The van der Waals surface area contributed by atoms with Gasteiger partial charge in [0.25, 0.3) is 0 Å². The van der Waals surface area contributed by atoms with Crippen LogP contribution in [0.4, 0.5) is 0 Å². The molecule has 0 radical (unpaired) electrons. The van der Waals surface area contributed by atoms with Gasteiger partial charge in [0.05, 0.1) is 22.1 Å². The molecule has 0 saturated heterocycles. The van der Waals surface area contributed by atoms with Gasteiger partial charge in [-0.1, -0.05) is 152 Å². The summed E-state index contributed by atoms with van der Waals surface area (Å²) in [5, 5.41) is 5.56. The van der Waals surface area contributed by atoms with Crippen molar-refractivity contribution in [3.8, 4) is 44.1 Å². The number of para-hydroxylation sites is 4. The average molecular weight is 803 g/mol. The lowest BCUT2D eigenvalue weighted by atomic mass is 9.97. The fourth-order valence-electron chi connectivity index (χ4n) is 9.37. The highest BCUT2D eigenvalue weighted by Gasteiger charge is 2.23. The van der Waals surface area contributed by atoms with Crippen molar-refractivity contribution in [3.63, 3.8) is 0 Å². The number of rotatable bonds is 7. The topological polar surface area (TPSA) is 9.86 Å². The third-order valence-corrected chi connectivity index (χ3v) is 14.8. The van der Waals surface area contributed by atoms with Gasteiger partial charge < -0.3 is 9.13 Å². The van der Waals surface area contributed by atoms with Gasteiger partial charge in [0.2, 0.25) is 0 Å². The molecule has 0 N–H and O–H groups in total. The van der Waals surface area contributed by atoms with E-state index < -0.39 is 0 Å². The first-order valence-corrected chi connectivity index (χ1v) is 22.3. The summed E-state index contributed by atoms with van der Waals surface area (Å²) in [7, 11) is 0. The number of fused-ring (bicyclic) bond motifs is 6. The highest BCUT2D eigenvalue weighted by Crippen LogP contribution is 2.51. The van der Waals surface area contributed by atoms with Gasteiger partial charge in [-0.25, -0.2) is 0 Å². The molecule has 1 aliphatic rings. The van der Waals surface area contributed by atoms with Crippen LogP contribution in [0.5, 0.6) is 0 Å². The monoisotopic (exact) mass is 802 g/mol. The van der Waals surface area contributed by atoms with Gasteiger partial charge in [-0.05, 0) is 100 Å². The molecule has 0 fully saturated rings. The highest BCUT2D eigenvalue weighted by atomic mass is 32.2. The zero-order valence-corrected chi connectivity index (χ0v) is 34.3. The minimum atomic E-state index is 0.408. The fourth-order valence-corrected chi connectivity index (χ4v) is 11.8. The summed E-state index contributed by atoms with van der Waals surface area (Å²) in [4.78, 5) is 4.03. The van der Waals surface area contributed by atoms with Gasteiger partial charge in [0, 0.05) is 52.8 Å².